The SMILES string of the molecule is CC(C)C[C@@H](NC(=O)[C@@H](Cc1ccccc1)NC(=O)[C@@H](Cc1ccccc1)NC(C)(C)C)C(=O)N[C@H](CCCCN)C(=O)N1CCC(N)(C(=O)O)CC1. The molecule has 0 saturated carbocycles. The van der Waals surface area contributed by atoms with Crippen molar-refractivity contribution in [3.05, 3.63) is 71.8 Å². The third-order valence-corrected chi connectivity index (χ3v) is 9.42. The summed E-state index contributed by atoms with van der Waals surface area (Å²) in [4.78, 5) is 69.1. The highest BCUT2D eigenvalue weighted by Crippen LogP contribution is 2.21. The van der Waals surface area contributed by atoms with Crippen molar-refractivity contribution in [2.24, 2.45) is 17.4 Å². The first-order chi connectivity index (χ1) is 25.0. The summed E-state index contributed by atoms with van der Waals surface area (Å²) in [6.45, 7) is 10.5. The highest BCUT2D eigenvalue weighted by Gasteiger charge is 2.40. The molecule has 0 bridgehead atoms. The highest BCUT2D eigenvalue weighted by atomic mass is 16.4. The van der Waals surface area contributed by atoms with Gasteiger partial charge < -0.3 is 42.7 Å². The smallest absolute Gasteiger partial charge is 0.323 e. The Bertz CT molecular complexity index is 1490. The van der Waals surface area contributed by atoms with E-state index in [1.54, 1.807) is 4.90 Å². The van der Waals surface area contributed by atoms with Crippen molar-refractivity contribution < 1.29 is 29.1 Å². The number of carboxylic acids is 1. The van der Waals surface area contributed by atoms with Gasteiger partial charge in [-0.2, -0.15) is 0 Å². The molecule has 13 heteroatoms. The zero-order valence-electron chi connectivity index (χ0n) is 32.0. The number of hydrogen-bond acceptors (Lipinski definition) is 8. The van der Waals surface area contributed by atoms with Crippen LogP contribution in [-0.2, 0) is 36.8 Å². The van der Waals surface area contributed by atoms with E-state index in [9.17, 15) is 29.1 Å². The molecule has 0 radical (unpaired) electrons. The van der Waals surface area contributed by atoms with Crippen LogP contribution in [0.5, 0.6) is 0 Å². The molecule has 1 aliphatic heterocycles. The third kappa shape index (κ3) is 14.2. The molecule has 9 N–H and O–H groups in total. The number of nitrogens with two attached hydrogens (primary N) is 2. The Morgan fingerprint density at radius 2 is 1.23 bits per heavy atom. The molecule has 1 saturated heterocycles. The second-order valence-corrected chi connectivity index (χ2v) is 15.7. The standard InChI is InChI=1S/C40H61N7O6/c1-27(2)24-31(34(48)43-30(18-12-13-21-41)37(51)47-22-19-40(42,20-23-47)38(52)53)44-35(49)32(25-28-14-8-6-9-15-28)45-36(50)33(46-39(3,4)5)26-29-16-10-7-11-17-29/h6-11,14-17,27,30-33,46H,12-13,18-26,41-42H2,1-5H3,(H,43,48)(H,44,49)(H,45,50)(H,52,53)/t30-,31-,32-,33-/m1/s1. The molecule has 0 aromatic heterocycles. The largest absolute Gasteiger partial charge is 0.480 e. The average Bonchev–Trinajstić information content (AvgIpc) is 3.10. The molecule has 2 aromatic rings. The number of nitrogens with zero attached hydrogens (tertiary/aromatic N) is 1. The predicted octanol–water partition coefficient (Wildman–Crippen LogP) is 2.26. The van der Waals surface area contributed by atoms with Crippen LogP contribution in [0.1, 0.15) is 84.3 Å². The van der Waals surface area contributed by atoms with Crippen molar-refractivity contribution >= 4 is 29.6 Å². The molecule has 0 spiro atoms. The van der Waals surface area contributed by atoms with Gasteiger partial charge in [-0.15, -0.1) is 0 Å². The summed E-state index contributed by atoms with van der Waals surface area (Å²) in [6.07, 6.45) is 2.61. The fraction of sp³-hybridized carbons (Fsp3) is 0.575. The monoisotopic (exact) mass is 735 g/mol. The van der Waals surface area contributed by atoms with Gasteiger partial charge in [-0.1, -0.05) is 74.5 Å². The minimum absolute atomic E-state index is 0.00151. The van der Waals surface area contributed by atoms with Crippen LogP contribution < -0.4 is 32.7 Å². The van der Waals surface area contributed by atoms with Crippen LogP contribution in [0.4, 0.5) is 0 Å². The van der Waals surface area contributed by atoms with Gasteiger partial charge in [0.15, 0.2) is 0 Å². The van der Waals surface area contributed by atoms with E-state index in [4.69, 9.17) is 11.5 Å². The summed E-state index contributed by atoms with van der Waals surface area (Å²) in [7, 11) is 0. The van der Waals surface area contributed by atoms with Gasteiger partial charge in [0.25, 0.3) is 0 Å². The van der Waals surface area contributed by atoms with Crippen LogP contribution in [0, 0.1) is 5.92 Å². The van der Waals surface area contributed by atoms with Crippen molar-refractivity contribution in [3.8, 4) is 0 Å². The first-order valence-electron chi connectivity index (χ1n) is 18.8. The second-order valence-electron chi connectivity index (χ2n) is 15.7. The number of unbranched alkanes of at least 4 members (excludes halogenated alkanes) is 1. The number of carboxylic acid groups (broad SMARTS) is 1. The summed E-state index contributed by atoms with van der Waals surface area (Å²) in [6, 6.07) is 15.4. The van der Waals surface area contributed by atoms with Gasteiger partial charge in [-0.3, -0.25) is 24.0 Å². The van der Waals surface area contributed by atoms with Gasteiger partial charge >= 0.3 is 5.97 Å². The average molecular weight is 736 g/mol. The number of carbonyl (C=O) groups is 5. The van der Waals surface area contributed by atoms with Crippen molar-refractivity contribution in [2.45, 2.75) is 121 Å². The van der Waals surface area contributed by atoms with E-state index in [0.29, 0.717) is 32.2 Å². The van der Waals surface area contributed by atoms with Crippen LogP contribution >= 0.6 is 0 Å². The lowest BCUT2D eigenvalue weighted by molar-refractivity contribution is -0.148. The number of carbonyl (C=O) groups excluding carboxylic acids is 4. The number of aliphatic carboxylic acids is 1. The molecule has 292 valence electrons. The van der Waals surface area contributed by atoms with Crippen LogP contribution in [0.15, 0.2) is 60.7 Å². The van der Waals surface area contributed by atoms with Gasteiger partial charge in [0.2, 0.25) is 23.6 Å². The summed E-state index contributed by atoms with van der Waals surface area (Å²) in [5.41, 5.74) is 11.8. The highest BCUT2D eigenvalue weighted by molar-refractivity contribution is 5.95. The molecule has 1 aliphatic rings. The van der Waals surface area contributed by atoms with Gasteiger partial charge in [-0.25, -0.2) is 0 Å². The Kier molecular flexibility index (Phi) is 16.4. The summed E-state index contributed by atoms with van der Waals surface area (Å²) < 4.78 is 0. The lowest BCUT2D eigenvalue weighted by atomic mass is 9.88. The molecule has 53 heavy (non-hydrogen) atoms. The molecule has 0 unspecified atom stereocenters. The Labute approximate surface area is 314 Å². The molecule has 4 amide bonds. The maximum absolute atomic E-state index is 14.2. The van der Waals surface area contributed by atoms with Crippen molar-refractivity contribution in [2.75, 3.05) is 19.6 Å². The number of piperidine rings is 1. The van der Waals surface area contributed by atoms with Gasteiger partial charge in [0.1, 0.15) is 23.7 Å². The van der Waals surface area contributed by atoms with E-state index >= 15 is 0 Å². The van der Waals surface area contributed by atoms with E-state index in [1.165, 1.54) is 0 Å². The van der Waals surface area contributed by atoms with E-state index in [-0.39, 0.29) is 56.5 Å². The third-order valence-electron chi connectivity index (χ3n) is 9.42. The maximum atomic E-state index is 14.2. The minimum Gasteiger partial charge on any atom is -0.480 e. The summed E-state index contributed by atoms with van der Waals surface area (Å²) in [5, 5.41) is 21.7. The van der Waals surface area contributed by atoms with Crippen LogP contribution in [0.2, 0.25) is 0 Å². The number of amides is 4. The van der Waals surface area contributed by atoms with Crippen molar-refractivity contribution in [3.63, 3.8) is 0 Å². The quantitative estimate of drug-likeness (QED) is 0.105. The first-order valence-corrected chi connectivity index (χ1v) is 18.8. The predicted molar refractivity (Wildman–Crippen MR) is 205 cm³/mol. The van der Waals surface area contributed by atoms with Crippen LogP contribution in [0.3, 0.4) is 0 Å². The van der Waals surface area contributed by atoms with Gasteiger partial charge in [-0.05, 0) is 89.3 Å². The Balaban J connectivity index is 1.84. The topological polar surface area (TPSA) is 209 Å². The second kappa shape index (κ2) is 20.2. The van der Waals surface area contributed by atoms with E-state index in [0.717, 1.165) is 11.1 Å². The summed E-state index contributed by atoms with van der Waals surface area (Å²) in [5.74, 6) is -2.82. The Morgan fingerprint density at radius 3 is 1.72 bits per heavy atom. The van der Waals surface area contributed by atoms with Crippen LogP contribution in [-0.4, -0.2) is 94.5 Å². The lowest BCUT2D eigenvalue weighted by Gasteiger charge is -2.38. The number of nitrogens with one attached hydrogen (secondary N) is 4. The minimum atomic E-state index is -1.40. The van der Waals surface area contributed by atoms with Gasteiger partial charge in [0.05, 0.1) is 6.04 Å². The molecule has 13 nitrogen and oxygen atoms in total. The molecular formula is C40H61N7O6. The fourth-order valence-electron chi connectivity index (χ4n) is 6.47. The molecule has 2 aromatic carbocycles. The molecule has 0 aliphatic carbocycles. The fourth-order valence-corrected chi connectivity index (χ4v) is 6.47. The Morgan fingerprint density at radius 1 is 0.755 bits per heavy atom. The summed E-state index contributed by atoms with van der Waals surface area (Å²) >= 11 is 0. The first kappa shape index (κ1) is 43.1. The maximum Gasteiger partial charge on any atom is 0.323 e. The zero-order valence-corrected chi connectivity index (χ0v) is 32.0. The van der Waals surface area contributed by atoms with E-state index in [2.05, 4.69) is 21.3 Å². The number of hydrogen-bond donors (Lipinski definition) is 7. The van der Waals surface area contributed by atoms with Gasteiger partial charge in [0, 0.05) is 25.0 Å². The zero-order chi connectivity index (χ0) is 39.2. The molecule has 1 heterocycles. The van der Waals surface area contributed by atoms with E-state index in [1.807, 2.05) is 95.3 Å². The van der Waals surface area contributed by atoms with Crippen molar-refractivity contribution in [1.82, 2.24) is 26.2 Å². The molecule has 1 fully saturated rings. The number of likely N-dealkylation sites (tertiary alicyclic amines) is 1. The van der Waals surface area contributed by atoms with E-state index < -0.39 is 53.0 Å². The molecule has 3 rings (SSSR count). The lowest BCUT2D eigenvalue weighted by Crippen LogP contribution is -2.61. The van der Waals surface area contributed by atoms with Crippen molar-refractivity contribution in [1.29, 1.82) is 0 Å². The number of rotatable bonds is 19. The van der Waals surface area contributed by atoms with Crippen LogP contribution in [0.25, 0.3) is 0 Å². The Hall–Kier alpha value is -4.33. The number of benzene rings is 2. The normalized spacial score (nSPS) is 16.6. The molecular weight excluding hydrogens is 674 g/mol. The molecule has 4 atom stereocenters.